The number of Topliss-reactive ketones (excluding diaryl/α,β-unsaturated/α-hetero) is 1. The topological polar surface area (TPSA) is 26.3 Å². The fraction of sp³-hybridized carbons (Fsp3) is 0.348. The Morgan fingerprint density at radius 2 is 1.36 bits per heavy atom. The molecule has 0 bridgehead atoms. The lowest BCUT2D eigenvalue weighted by atomic mass is 9.72. The molecule has 0 aromatic heterocycles. The predicted molar refractivity (Wildman–Crippen MR) is 103 cm³/mol. The first kappa shape index (κ1) is 17.5. The summed E-state index contributed by atoms with van der Waals surface area (Å²) in [6.45, 7) is 12.5. The van der Waals surface area contributed by atoms with E-state index in [1.54, 1.807) is 0 Å². The molecular formula is C23H26O2. The molecule has 0 N–H and O–H groups in total. The zero-order valence-corrected chi connectivity index (χ0v) is 15.9. The van der Waals surface area contributed by atoms with Crippen molar-refractivity contribution < 1.29 is 9.53 Å². The fourth-order valence-electron chi connectivity index (χ4n) is 3.07. The number of rotatable bonds is 0. The Labute approximate surface area is 150 Å². The van der Waals surface area contributed by atoms with Crippen molar-refractivity contribution in [1.29, 1.82) is 0 Å². The van der Waals surface area contributed by atoms with E-state index in [-0.39, 0.29) is 16.6 Å². The van der Waals surface area contributed by atoms with Crippen molar-refractivity contribution in [2.45, 2.75) is 41.5 Å². The molecule has 0 amide bonds. The number of para-hydroxylation sites is 1. The highest BCUT2D eigenvalue weighted by molar-refractivity contribution is 6.11. The number of carbonyl (C=O) groups excluding carboxylic acids is 1. The molecule has 130 valence electrons. The predicted octanol–water partition coefficient (Wildman–Crippen LogP) is 5.87. The summed E-state index contributed by atoms with van der Waals surface area (Å²) < 4.78 is 6.12. The maximum atomic E-state index is 13.0. The number of hydrogen-bond donors (Lipinski definition) is 0. The molecular weight excluding hydrogens is 308 g/mol. The zero-order chi connectivity index (χ0) is 18.4. The molecule has 0 unspecified atom stereocenters. The van der Waals surface area contributed by atoms with Crippen LogP contribution in [-0.2, 0) is 4.79 Å². The van der Waals surface area contributed by atoms with Crippen LogP contribution in [0.25, 0.3) is 6.08 Å². The maximum absolute atomic E-state index is 13.0. The van der Waals surface area contributed by atoms with Crippen molar-refractivity contribution in [1.82, 2.24) is 0 Å². The Morgan fingerprint density at radius 1 is 0.800 bits per heavy atom. The normalized spacial score (nSPS) is 17.8. The van der Waals surface area contributed by atoms with Crippen molar-refractivity contribution in [2.24, 2.45) is 10.8 Å². The molecule has 0 saturated carbocycles. The quantitative estimate of drug-likeness (QED) is 0.593. The van der Waals surface area contributed by atoms with E-state index in [9.17, 15) is 4.79 Å². The van der Waals surface area contributed by atoms with Crippen LogP contribution in [0.15, 0.2) is 65.0 Å². The summed E-state index contributed by atoms with van der Waals surface area (Å²) in [5.41, 5.74) is 3.25. The molecule has 2 heteroatoms. The SMILES string of the molecule is CC(C)(C)C1=CC(=C2C=Cc3ccccc3O2)C=C(C(C)(C)C)C1=O. The molecule has 2 nitrogen and oxygen atoms in total. The highest BCUT2D eigenvalue weighted by Crippen LogP contribution is 2.40. The van der Waals surface area contributed by atoms with Crippen LogP contribution in [0.2, 0.25) is 0 Å². The first-order valence-electron chi connectivity index (χ1n) is 8.76. The molecule has 0 saturated heterocycles. The lowest BCUT2D eigenvalue weighted by Crippen LogP contribution is -2.28. The summed E-state index contributed by atoms with van der Waals surface area (Å²) in [5.74, 6) is 1.78. The van der Waals surface area contributed by atoms with E-state index >= 15 is 0 Å². The van der Waals surface area contributed by atoms with Crippen molar-refractivity contribution in [3.05, 3.63) is 70.5 Å². The van der Waals surface area contributed by atoms with Gasteiger partial charge in [-0.3, -0.25) is 4.79 Å². The highest BCUT2D eigenvalue weighted by Gasteiger charge is 2.34. The van der Waals surface area contributed by atoms with Gasteiger partial charge in [0.2, 0.25) is 0 Å². The van der Waals surface area contributed by atoms with Crippen LogP contribution in [0, 0.1) is 10.8 Å². The lowest BCUT2D eigenvalue weighted by molar-refractivity contribution is -0.114. The van der Waals surface area contributed by atoms with E-state index in [4.69, 9.17) is 4.74 Å². The molecule has 1 heterocycles. The van der Waals surface area contributed by atoms with E-state index in [0.29, 0.717) is 0 Å². The molecule has 0 fully saturated rings. The Morgan fingerprint density at radius 3 is 1.92 bits per heavy atom. The summed E-state index contributed by atoms with van der Waals surface area (Å²) in [7, 11) is 0. The molecule has 0 radical (unpaired) electrons. The standard InChI is InChI=1S/C23H26O2/c1-22(2,3)17-13-16(14-18(21(17)24)23(4,5)6)20-12-11-15-9-7-8-10-19(15)25-20/h7-14H,1-6H3. The second kappa shape index (κ2) is 5.87. The molecule has 0 spiro atoms. The molecule has 1 aromatic rings. The minimum absolute atomic E-state index is 0.143. The summed E-state index contributed by atoms with van der Waals surface area (Å²) in [5, 5.41) is 0. The van der Waals surface area contributed by atoms with Gasteiger partial charge in [0.25, 0.3) is 0 Å². The van der Waals surface area contributed by atoms with Gasteiger partial charge in [0, 0.05) is 22.3 Å². The second-order valence-electron chi connectivity index (χ2n) is 8.74. The van der Waals surface area contributed by atoms with Gasteiger partial charge < -0.3 is 4.74 Å². The minimum atomic E-state index is -0.218. The zero-order valence-electron chi connectivity index (χ0n) is 15.9. The second-order valence-corrected chi connectivity index (χ2v) is 8.74. The van der Waals surface area contributed by atoms with Crippen molar-refractivity contribution in [2.75, 3.05) is 0 Å². The van der Waals surface area contributed by atoms with E-state index < -0.39 is 0 Å². The van der Waals surface area contributed by atoms with Crippen molar-refractivity contribution in [3.63, 3.8) is 0 Å². The Kier molecular flexibility index (Phi) is 4.10. The summed E-state index contributed by atoms with van der Waals surface area (Å²) in [6.07, 6.45) is 8.03. The fourth-order valence-corrected chi connectivity index (χ4v) is 3.07. The first-order valence-corrected chi connectivity index (χ1v) is 8.76. The van der Waals surface area contributed by atoms with Crippen LogP contribution >= 0.6 is 0 Å². The van der Waals surface area contributed by atoms with Gasteiger partial charge in [-0.25, -0.2) is 0 Å². The summed E-state index contributed by atoms with van der Waals surface area (Å²) >= 11 is 0. The average Bonchev–Trinajstić information content (AvgIpc) is 2.52. The molecule has 3 rings (SSSR count). The van der Waals surface area contributed by atoms with Gasteiger partial charge in [-0.2, -0.15) is 0 Å². The van der Waals surface area contributed by atoms with Crippen LogP contribution < -0.4 is 4.74 Å². The molecule has 1 aromatic carbocycles. The highest BCUT2D eigenvalue weighted by atomic mass is 16.5. The van der Waals surface area contributed by atoms with Crippen LogP contribution in [0.1, 0.15) is 47.1 Å². The molecule has 25 heavy (non-hydrogen) atoms. The van der Waals surface area contributed by atoms with Gasteiger partial charge in [-0.05, 0) is 41.2 Å². The monoisotopic (exact) mass is 334 g/mol. The molecule has 2 aliphatic rings. The average molecular weight is 334 g/mol. The van der Waals surface area contributed by atoms with E-state index in [1.165, 1.54) is 0 Å². The number of ether oxygens (including phenoxy) is 1. The van der Waals surface area contributed by atoms with Crippen LogP contribution in [0.4, 0.5) is 0 Å². The molecule has 1 aliphatic heterocycles. The molecule has 1 aliphatic carbocycles. The van der Waals surface area contributed by atoms with Crippen LogP contribution in [0.3, 0.4) is 0 Å². The number of carbonyl (C=O) groups is 1. The minimum Gasteiger partial charge on any atom is -0.456 e. The Hall–Kier alpha value is -2.35. The van der Waals surface area contributed by atoms with E-state index in [0.717, 1.165) is 33.8 Å². The summed E-state index contributed by atoms with van der Waals surface area (Å²) in [6, 6.07) is 7.97. The smallest absolute Gasteiger partial charge is 0.186 e. The van der Waals surface area contributed by atoms with Crippen molar-refractivity contribution in [3.8, 4) is 5.75 Å². The van der Waals surface area contributed by atoms with Gasteiger partial charge in [0.15, 0.2) is 5.78 Å². The first-order chi connectivity index (χ1) is 11.6. The largest absolute Gasteiger partial charge is 0.456 e. The van der Waals surface area contributed by atoms with E-state index in [1.807, 2.05) is 42.5 Å². The van der Waals surface area contributed by atoms with Crippen LogP contribution in [-0.4, -0.2) is 5.78 Å². The van der Waals surface area contributed by atoms with Gasteiger partial charge in [-0.15, -0.1) is 0 Å². The summed E-state index contributed by atoms with van der Waals surface area (Å²) in [4.78, 5) is 13.0. The number of benzene rings is 1. The number of fused-ring (bicyclic) bond motifs is 1. The third-order valence-electron chi connectivity index (χ3n) is 4.54. The van der Waals surface area contributed by atoms with Gasteiger partial charge in [0.1, 0.15) is 11.5 Å². The Bertz CT molecular complexity index is 811. The Balaban J connectivity index is 2.16. The van der Waals surface area contributed by atoms with Gasteiger partial charge in [-0.1, -0.05) is 59.7 Å². The lowest BCUT2D eigenvalue weighted by Gasteiger charge is -2.32. The molecule has 0 atom stereocenters. The number of allylic oxidation sites excluding steroid dienone is 6. The third kappa shape index (κ3) is 3.39. The number of hydrogen-bond acceptors (Lipinski definition) is 2. The third-order valence-corrected chi connectivity index (χ3v) is 4.54. The number of ketones is 1. The van der Waals surface area contributed by atoms with Crippen LogP contribution in [0.5, 0.6) is 5.75 Å². The maximum Gasteiger partial charge on any atom is 0.186 e. The van der Waals surface area contributed by atoms with Crippen molar-refractivity contribution >= 4 is 11.9 Å². The van der Waals surface area contributed by atoms with Gasteiger partial charge in [0.05, 0.1) is 0 Å². The van der Waals surface area contributed by atoms with E-state index in [2.05, 4.69) is 47.6 Å². The van der Waals surface area contributed by atoms with Gasteiger partial charge >= 0.3 is 0 Å².